The van der Waals surface area contributed by atoms with Gasteiger partial charge in [0, 0.05) is 0 Å². The molecule has 0 N–H and O–H groups in total. The van der Waals surface area contributed by atoms with Crippen LogP contribution in [0.2, 0.25) is 0 Å². The van der Waals surface area contributed by atoms with Gasteiger partial charge in [0.1, 0.15) is 0 Å². The summed E-state index contributed by atoms with van der Waals surface area (Å²) in [5, 5.41) is 8.29. The molecule has 2 rings (SSSR count). The molecule has 2 aromatic rings. The molecule has 0 aliphatic carbocycles. The van der Waals surface area contributed by atoms with E-state index in [0.717, 1.165) is 36.8 Å². The topological polar surface area (TPSA) is 24.7 Å². The van der Waals surface area contributed by atoms with E-state index in [9.17, 15) is 0 Å². The Bertz CT molecular complexity index is 692. The summed E-state index contributed by atoms with van der Waals surface area (Å²) >= 11 is 0. The summed E-state index contributed by atoms with van der Waals surface area (Å²) in [4.78, 5) is 0. The molecule has 130 valence electrons. The second kappa shape index (κ2) is 11.1. The molecule has 2 heteroatoms. The van der Waals surface area contributed by atoms with Crippen LogP contribution in [-0.4, -0.2) is 12.4 Å². The van der Waals surface area contributed by atoms with Gasteiger partial charge in [0.2, 0.25) is 0 Å². The number of aryl methyl sites for hydroxylation is 2. The van der Waals surface area contributed by atoms with E-state index in [2.05, 4.69) is 84.7 Å². The van der Waals surface area contributed by atoms with Crippen molar-refractivity contribution in [2.45, 2.75) is 46.0 Å². The number of rotatable bonds is 9. The van der Waals surface area contributed by atoms with Crippen molar-refractivity contribution in [1.82, 2.24) is 0 Å². The van der Waals surface area contributed by atoms with Gasteiger partial charge in [-0.3, -0.25) is 0 Å². The van der Waals surface area contributed by atoms with Gasteiger partial charge in [0.05, 0.1) is 12.4 Å². The van der Waals surface area contributed by atoms with Crippen molar-refractivity contribution in [2.24, 2.45) is 10.2 Å². The van der Waals surface area contributed by atoms with Gasteiger partial charge in [-0.2, -0.15) is 10.2 Å². The Morgan fingerprint density at radius 3 is 1.68 bits per heavy atom. The van der Waals surface area contributed by atoms with E-state index in [1.807, 2.05) is 0 Å². The molecule has 0 aromatic heterocycles. The maximum atomic E-state index is 4.15. The fraction of sp³-hybridized carbons (Fsp3) is 0.304. The molecule has 25 heavy (non-hydrogen) atoms. The molecule has 0 aliphatic rings. The van der Waals surface area contributed by atoms with Crippen molar-refractivity contribution in [1.29, 1.82) is 0 Å². The van der Waals surface area contributed by atoms with Crippen LogP contribution in [0.3, 0.4) is 0 Å². The molecule has 0 heterocycles. The van der Waals surface area contributed by atoms with E-state index in [0.29, 0.717) is 0 Å². The number of nitrogens with zero attached hydrogens (tertiary/aromatic N) is 2. The zero-order valence-corrected chi connectivity index (χ0v) is 15.4. The van der Waals surface area contributed by atoms with Crippen LogP contribution in [0.15, 0.2) is 70.9 Å². The van der Waals surface area contributed by atoms with Crippen LogP contribution in [0, 0.1) is 0 Å². The highest BCUT2D eigenvalue weighted by Gasteiger charge is 1.93. The van der Waals surface area contributed by atoms with Gasteiger partial charge in [0.25, 0.3) is 0 Å². The van der Waals surface area contributed by atoms with Crippen molar-refractivity contribution in [3.05, 3.63) is 82.9 Å². The molecule has 0 spiro atoms. The van der Waals surface area contributed by atoms with Crippen LogP contribution in [0.1, 0.15) is 55.4 Å². The molecular weight excluding hydrogens is 304 g/mol. The van der Waals surface area contributed by atoms with Gasteiger partial charge < -0.3 is 0 Å². The minimum absolute atomic E-state index is 1.07. The first-order valence-corrected chi connectivity index (χ1v) is 9.21. The first kappa shape index (κ1) is 18.9. The lowest BCUT2D eigenvalue weighted by molar-refractivity contribution is 0.922. The Hall–Kier alpha value is -2.48. The van der Waals surface area contributed by atoms with Crippen LogP contribution >= 0.6 is 0 Å². The highest BCUT2D eigenvalue weighted by molar-refractivity contribution is 5.82. The Morgan fingerprint density at radius 2 is 1.20 bits per heavy atom. The van der Waals surface area contributed by atoms with Gasteiger partial charge >= 0.3 is 0 Å². The Morgan fingerprint density at radius 1 is 0.680 bits per heavy atom. The first-order valence-electron chi connectivity index (χ1n) is 9.21. The number of benzene rings is 2. The molecule has 0 radical (unpaired) electrons. The Kier molecular flexibility index (Phi) is 8.40. The van der Waals surface area contributed by atoms with Crippen LogP contribution < -0.4 is 0 Å². The summed E-state index contributed by atoms with van der Waals surface area (Å²) < 4.78 is 0. The normalized spacial score (nSPS) is 11.9. The second-order valence-electron chi connectivity index (χ2n) is 6.14. The quantitative estimate of drug-likeness (QED) is 0.306. The lowest BCUT2D eigenvalue weighted by Gasteiger charge is -1.99. The first-order chi connectivity index (χ1) is 12.3. The molecule has 0 aliphatic heterocycles. The highest BCUT2D eigenvalue weighted by Crippen LogP contribution is 2.07. The molecule has 0 unspecified atom stereocenters. The van der Waals surface area contributed by atoms with Crippen LogP contribution in [-0.2, 0) is 12.8 Å². The Labute approximate surface area is 152 Å². The minimum Gasteiger partial charge on any atom is -0.159 e. The van der Waals surface area contributed by atoms with Crippen molar-refractivity contribution in [3.8, 4) is 0 Å². The maximum Gasteiger partial charge on any atom is 0.0568 e. The summed E-state index contributed by atoms with van der Waals surface area (Å²) in [6.07, 6.45) is 13.6. The third-order valence-electron chi connectivity index (χ3n) is 3.98. The van der Waals surface area contributed by atoms with Gasteiger partial charge in [-0.05, 0) is 47.9 Å². The zero-order chi connectivity index (χ0) is 17.7. The maximum absolute atomic E-state index is 4.15. The largest absolute Gasteiger partial charge is 0.159 e. The van der Waals surface area contributed by atoms with Crippen molar-refractivity contribution in [2.75, 3.05) is 0 Å². The predicted molar refractivity (Wildman–Crippen MR) is 110 cm³/mol. The fourth-order valence-electron chi connectivity index (χ4n) is 2.56. The van der Waals surface area contributed by atoms with Gasteiger partial charge in [-0.15, -0.1) is 0 Å². The third kappa shape index (κ3) is 7.30. The smallest absolute Gasteiger partial charge is 0.0568 e. The minimum atomic E-state index is 1.07. The molecule has 0 saturated carbocycles. The standard InChI is InChI=1S/C23H28N2/c1-3-5-6-7-9-21-12-16-23(17-13-21)19-25-24-18-22-14-10-20(8-4-2)11-15-22/h5-6,10-19H,3-4,7-9H2,1-2H3/b6-5+,24-18+,25-19+. The van der Waals surface area contributed by atoms with Crippen molar-refractivity contribution in [3.63, 3.8) is 0 Å². The molecular formula is C23H28N2. The molecule has 0 fully saturated rings. The SMILES string of the molecule is CC/C=C/CCc1ccc(/C=N/N=C/c2ccc(CCC)cc2)cc1. The van der Waals surface area contributed by atoms with E-state index in [4.69, 9.17) is 0 Å². The number of hydrogen-bond acceptors (Lipinski definition) is 2. The van der Waals surface area contributed by atoms with E-state index >= 15 is 0 Å². The summed E-state index contributed by atoms with van der Waals surface area (Å²) in [5.41, 5.74) is 4.87. The van der Waals surface area contributed by atoms with Gasteiger partial charge in [0.15, 0.2) is 0 Å². The van der Waals surface area contributed by atoms with Crippen LogP contribution in [0.25, 0.3) is 0 Å². The average Bonchev–Trinajstić information content (AvgIpc) is 2.65. The van der Waals surface area contributed by atoms with E-state index in [-0.39, 0.29) is 0 Å². The molecule has 0 bridgehead atoms. The highest BCUT2D eigenvalue weighted by atomic mass is 15.2. The van der Waals surface area contributed by atoms with E-state index in [1.54, 1.807) is 12.4 Å². The molecule has 0 saturated heterocycles. The molecule has 0 amide bonds. The lowest BCUT2D eigenvalue weighted by atomic mass is 10.1. The summed E-state index contributed by atoms with van der Waals surface area (Å²) in [6.45, 7) is 4.36. The molecule has 2 aromatic carbocycles. The second-order valence-corrected chi connectivity index (χ2v) is 6.14. The monoisotopic (exact) mass is 332 g/mol. The molecule has 0 atom stereocenters. The van der Waals surface area contributed by atoms with E-state index < -0.39 is 0 Å². The Balaban J connectivity index is 1.83. The van der Waals surface area contributed by atoms with Gasteiger partial charge in [-0.1, -0.05) is 81.0 Å². The average molecular weight is 332 g/mol. The van der Waals surface area contributed by atoms with Gasteiger partial charge in [-0.25, -0.2) is 0 Å². The van der Waals surface area contributed by atoms with Crippen LogP contribution in [0.4, 0.5) is 0 Å². The fourth-order valence-corrected chi connectivity index (χ4v) is 2.56. The summed E-state index contributed by atoms with van der Waals surface area (Å²) in [5.74, 6) is 0. The number of allylic oxidation sites excluding steroid dienone is 2. The molecule has 2 nitrogen and oxygen atoms in total. The van der Waals surface area contributed by atoms with Crippen molar-refractivity contribution >= 4 is 12.4 Å². The zero-order valence-electron chi connectivity index (χ0n) is 15.4. The summed E-state index contributed by atoms with van der Waals surface area (Å²) in [7, 11) is 0. The lowest BCUT2D eigenvalue weighted by Crippen LogP contribution is -1.86. The third-order valence-corrected chi connectivity index (χ3v) is 3.98. The van der Waals surface area contributed by atoms with Crippen LogP contribution in [0.5, 0.6) is 0 Å². The number of hydrogen-bond donors (Lipinski definition) is 0. The van der Waals surface area contributed by atoms with Crippen molar-refractivity contribution < 1.29 is 0 Å². The summed E-state index contributed by atoms with van der Waals surface area (Å²) in [6, 6.07) is 17.0. The predicted octanol–water partition coefficient (Wildman–Crippen LogP) is 5.99. The van der Waals surface area contributed by atoms with E-state index in [1.165, 1.54) is 17.5 Å².